The lowest BCUT2D eigenvalue weighted by molar-refractivity contribution is -0.137. The zero-order valence-corrected chi connectivity index (χ0v) is 10.8. The number of nitriles is 1. The van der Waals surface area contributed by atoms with Gasteiger partial charge >= 0.3 is 6.18 Å². The van der Waals surface area contributed by atoms with E-state index in [1.165, 1.54) is 23.0 Å². The molecule has 0 aliphatic rings. The van der Waals surface area contributed by atoms with E-state index in [0.717, 1.165) is 12.1 Å². The van der Waals surface area contributed by atoms with E-state index in [9.17, 15) is 17.6 Å². The summed E-state index contributed by atoms with van der Waals surface area (Å²) in [5.74, 6) is -1.08. The SMILES string of the molecule is N#Cc1cn2ccnc2c(-c2ccc(C(F)(F)F)cc2F)n1. The Labute approximate surface area is 121 Å². The summed E-state index contributed by atoms with van der Waals surface area (Å²) in [6, 6.07) is 3.96. The summed E-state index contributed by atoms with van der Waals surface area (Å²) >= 11 is 0. The first-order valence-corrected chi connectivity index (χ1v) is 6.01. The van der Waals surface area contributed by atoms with Gasteiger partial charge < -0.3 is 4.40 Å². The van der Waals surface area contributed by atoms with Gasteiger partial charge in [0.25, 0.3) is 0 Å². The van der Waals surface area contributed by atoms with E-state index >= 15 is 0 Å². The van der Waals surface area contributed by atoms with Crippen LogP contribution < -0.4 is 0 Å². The smallest absolute Gasteiger partial charge is 0.302 e. The first-order chi connectivity index (χ1) is 10.4. The second-order valence-electron chi connectivity index (χ2n) is 4.44. The molecule has 0 amide bonds. The molecule has 22 heavy (non-hydrogen) atoms. The van der Waals surface area contributed by atoms with Crippen molar-refractivity contribution in [3.05, 3.63) is 53.9 Å². The average Bonchev–Trinajstić information content (AvgIpc) is 2.93. The molecule has 0 unspecified atom stereocenters. The molecule has 0 atom stereocenters. The second-order valence-corrected chi connectivity index (χ2v) is 4.44. The van der Waals surface area contributed by atoms with Crippen LogP contribution in [0.2, 0.25) is 0 Å². The maximum absolute atomic E-state index is 14.1. The van der Waals surface area contributed by atoms with Crippen LogP contribution in [0.3, 0.4) is 0 Å². The minimum absolute atomic E-state index is 0.000187. The van der Waals surface area contributed by atoms with Gasteiger partial charge in [0.1, 0.15) is 17.6 Å². The van der Waals surface area contributed by atoms with Crippen molar-refractivity contribution in [2.75, 3.05) is 0 Å². The van der Waals surface area contributed by atoms with Crippen molar-refractivity contribution in [3.63, 3.8) is 0 Å². The summed E-state index contributed by atoms with van der Waals surface area (Å²) in [6.45, 7) is 0. The van der Waals surface area contributed by atoms with Crippen LogP contribution in [0.5, 0.6) is 0 Å². The Kier molecular flexibility index (Phi) is 3.06. The number of alkyl halides is 3. The molecule has 0 aliphatic heterocycles. The summed E-state index contributed by atoms with van der Waals surface area (Å²) in [5.41, 5.74) is -0.987. The number of hydrogen-bond acceptors (Lipinski definition) is 3. The van der Waals surface area contributed by atoms with Crippen LogP contribution in [0.15, 0.2) is 36.8 Å². The van der Waals surface area contributed by atoms with E-state index in [4.69, 9.17) is 5.26 Å². The lowest BCUT2D eigenvalue weighted by atomic mass is 10.1. The number of halogens is 4. The molecular formula is C14H6F4N4. The molecule has 1 aromatic carbocycles. The van der Waals surface area contributed by atoms with Crippen LogP contribution in [-0.4, -0.2) is 14.4 Å². The predicted octanol–water partition coefficient (Wildman–Crippen LogP) is 3.43. The summed E-state index contributed by atoms with van der Waals surface area (Å²) < 4.78 is 53.3. The quantitative estimate of drug-likeness (QED) is 0.647. The molecule has 2 heterocycles. The molecule has 0 N–H and O–H groups in total. The van der Waals surface area contributed by atoms with Crippen molar-refractivity contribution in [1.29, 1.82) is 5.26 Å². The van der Waals surface area contributed by atoms with E-state index in [2.05, 4.69) is 9.97 Å². The lowest BCUT2D eigenvalue weighted by Crippen LogP contribution is -2.06. The van der Waals surface area contributed by atoms with E-state index in [0.29, 0.717) is 6.07 Å². The minimum atomic E-state index is -4.63. The Hall–Kier alpha value is -2.95. The number of fused-ring (bicyclic) bond motifs is 1. The Morgan fingerprint density at radius 1 is 1.23 bits per heavy atom. The highest BCUT2D eigenvalue weighted by atomic mass is 19.4. The zero-order chi connectivity index (χ0) is 15.9. The summed E-state index contributed by atoms with van der Waals surface area (Å²) in [4.78, 5) is 7.93. The molecule has 0 saturated heterocycles. The average molecular weight is 306 g/mol. The second kappa shape index (κ2) is 4.80. The van der Waals surface area contributed by atoms with Gasteiger partial charge in [-0.05, 0) is 18.2 Å². The first kappa shape index (κ1) is 14.0. The Morgan fingerprint density at radius 3 is 2.64 bits per heavy atom. The van der Waals surface area contributed by atoms with Crippen molar-refractivity contribution in [3.8, 4) is 17.3 Å². The standard InChI is InChI=1S/C14H6F4N4/c15-11-5-8(14(16,17)18)1-2-10(11)12-13-20-3-4-22(13)7-9(6-19)21-12/h1-5,7H. The fourth-order valence-corrected chi connectivity index (χ4v) is 2.05. The van der Waals surface area contributed by atoms with Gasteiger partial charge in [0.15, 0.2) is 11.3 Å². The van der Waals surface area contributed by atoms with Gasteiger partial charge in [0.2, 0.25) is 0 Å². The minimum Gasteiger partial charge on any atom is -0.302 e. The highest BCUT2D eigenvalue weighted by Crippen LogP contribution is 2.33. The zero-order valence-electron chi connectivity index (χ0n) is 10.8. The van der Waals surface area contributed by atoms with Crippen LogP contribution in [0, 0.1) is 17.1 Å². The molecule has 0 fully saturated rings. The van der Waals surface area contributed by atoms with Crippen molar-refractivity contribution in [2.24, 2.45) is 0 Å². The number of nitrogens with zero attached hydrogens (tertiary/aromatic N) is 4. The molecule has 3 rings (SSSR count). The van der Waals surface area contributed by atoms with Gasteiger partial charge in [-0.25, -0.2) is 14.4 Å². The molecule has 0 aliphatic carbocycles. The number of imidazole rings is 1. The van der Waals surface area contributed by atoms with Crippen molar-refractivity contribution < 1.29 is 17.6 Å². The van der Waals surface area contributed by atoms with Gasteiger partial charge in [-0.15, -0.1) is 0 Å². The molecule has 0 radical (unpaired) electrons. The van der Waals surface area contributed by atoms with E-state index in [-0.39, 0.29) is 22.6 Å². The third-order valence-corrected chi connectivity index (χ3v) is 3.04. The van der Waals surface area contributed by atoms with E-state index in [1.807, 2.05) is 6.07 Å². The number of hydrogen-bond donors (Lipinski definition) is 0. The molecule has 0 bridgehead atoms. The van der Waals surface area contributed by atoms with Crippen molar-refractivity contribution in [2.45, 2.75) is 6.18 Å². The lowest BCUT2D eigenvalue weighted by Gasteiger charge is -2.09. The van der Waals surface area contributed by atoms with E-state index < -0.39 is 17.6 Å². The van der Waals surface area contributed by atoms with Crippen molar-refractivity contribution >= 4 is 5.65 Å². The van der Waals surface area contributed by atoms with Gasteiger partial charge in [0.05, 0.1) is 5.56 Å². The summed E-state index contributed by atoms with van der Waals surface area (Å²) in [5, 5.41) is 8.94. The highest BCUT2D eigenvalue weighted by Gasteiger charge is 2.31. The molecule has 3 aromatic rings. The fraction of sp³-hybridized carbons (Fsp3) is 0.0714. The maximum atomic E-state index is 14.1. The maximum Gasteiger partial charge on any atom is 0.416 e. The van der Waals surface area contributed by atoms with Crippen molar-refractivity contribution in [1.82, 2.24) is 14.4 Å². The van der Waals surface area contributed by atoms with Gasteiger partial charge in [-0.3, -0.25) is 0 Å². The first-order valence-electron chi connectivity index (χ1n) is 6.01. The van der Waals surface area contributed by atoms with Gasteiger partial charge in [-0.1, -0.05) is 0 Å². The molecule has 0 saturated carbocycles. The normalized spacial score (nSPS) is 11.6. The largest absolute Gasteiger partial charge is 0.416 e. The Balaban J connectivity index is 2.24. The van der Waals surface area contributed by atoms with Crippen LogP contribution in [0.4, 0.5) is 17.6 Å². The van der Waals surface area contributed by atoms with Crippen LogP contribution in [0.1, 0.15) is 11.3 Å². The molecule has 8 heteroatoms. The topological polar surface area (TPSA) is 54.0 Å². The van der Waals surface area contributed by atoms with Gasteiger partial charge in [-0.2, -0.15) is 18.4 Å². The number of aromatic nitrogens is 3. The van der Waals surface area contributed by atoms with Crippen LogP contribution in [0.25, 0.3) is 16.9 Å². The molecule has 110 valence electrons. The van der Waals surface area contributed by atoms with Crippen LogP contribution in [-0.2, 0) is 6.18 Å². The summed E-state index contributed by atoms with van der Waals surface area (Å²) in [7, 11) is 0. The van der Waals surface area contributed by atoms with Crippen LogP contribution >= 0.6 is 0 Å². The Morgan fingerprint density at radius 2 is 2.00 bits per heavy atom. The molecule has 2 aromatic heterocycles. The van der Waals surface area contributed by atoms with Gasteiger partial charge in [0, 0.05) is 24.2 Å². The van der Waals surface area contributed by atoms with E-state index in [1.54, 1.807) is 0 Å². The third kappa shape index (κ3) is 2.26. The molecule has 4 nitrogen and oxygen atoms in total. The molecular weight excluding hydrogens is 300 g/mol. The fourth-order valence-electron chi connectivity index (χ4n) is 2.05. The third-order valence-electron chi connectivity index (χ3n) is 3.04. The highest BCUT2D eigenvalue weighted by molar-refractivity contribution is 5.74. The Bertz CT molecular complexity index is 905. The monoisotopic (exact) mass is 306 g/mol. The number of benzene rings is 1. The molecule has 0 spiro atoms. The summed E-state index contributed by atoms with van der Waals surface area (Å²) in [6.07, 6.45) is -0.287. The predicted molar refractivity (Wildman–Crippen MR) is 68.1 cm³/mol. The number of rotatable bonds is 1.